The Bertz CT molecular complexity index is 854. The third-order valence-corrected chi connectivity index (χ3v) is 5.41. The molecule has 1 aromatic heterocycles. The molecule has 164 valence electrons. The van der Waals surface area contributed by atoms with E-state index in [1.165, 1.54) is 19.3 Å². The largest absolute Gasteiger partial charge is 0.486 e. The van der Waals surface area contributed by atoms with E-state index in [1.54, 1.807) is 11.9 Å². The number of hydrogen-bond acceptors (Lipinski definition) is 4. The number of hydrogen-bond donors (Lipinski definition) is 0. The Balaban J connectivity index is 1.75. The molecule has 1 saturated carbocycles. The number of nitrogens with zero attached hydrogens (tertiary/aromatic N) is 3. The number of ether oxygens (including phenoxy) is 2. The summed E-state index contributed by atoms with van der Waals surface area (Å²) in [5, 5.41) is 5.43. The van der Waals surface area contributed by atoms with Crippen LogP contribution in [-0.4, -0.2) is 33.4 Å². The first-order valence-corrected chi connectivity index (χ1v) is 11.0. The second kappa shape index (κ2) is 9.73. The lowest BCUT2D eigenvalue weighted by atomic mass is 9.95. The van der Waals surface area contributed by atoms with Crippen LogP contribution in [0.5, 0.6) is 5.75 Å². The Morgan fingerprint density at radius 2 is 1.93 bits per heavy atom. The number of para-hydroxylation sites is 1. The van der Waals surface area contributed by atoms with E-state index in [2.05, 4.69) is 4.68 Å². The zero-order chi connectivity index (χ0) is 21.7. The van der Waals surface area contributed by atoms with Gasteiger partial charge in [-0.1, -0.05) is 43.0 Å². The maximum atomic E-state index is 12.3. The molecule has 1 fully saturated rings. The minimum absolute atomic E-state index is 0.358. The third kappa shape index (κ3) is 6.14. The molecular formula is C23H32ClN3O3. The molecule has 0 radical (unpaired) electrons. The molecule has 3 rings (SSSR count). The molecule has 1 heterocycles. The van der Waals surface area contributed by atoms with Gasteiger partial charge in [0.2, 0.25) is 0 Å². The zero-order valence-electron chi connectivity index (χ0n) is 18.4. The van der Waals surface area contributed by atoms with Crippen LogP contribution >= 0.6 is 11.6 Å². The van der Waals surface area contributed by atoms with Crippen LogP contribution in [0.2, 0.25) is 5.02 Å². The Morgan fingerprint density at radius 1 is 1.23 bits per heavy atom. The number of aromatic nitrogens is 2. The van der Waals surface area contributed by atoms with Crippen LogP contribution in [0.1, 0.15) is 70.3 Å². The summed E-state index contributed by atoms with van der Waals surface area (Å²) in [5.41, 5.74) is 1.29. The topological polar surface area (TPSA) is 56.6 Å². The molecule has 2 aromatic rings. The lowest BCUT2D eigenvalue weighted by Gasteiger charge is -2.24. The van der Waals surface area contributed by atoms with Crippen LogP contribution in [0.4, 0.5) is 4.79 Å². The zero-order valence-corrected chi connectivity index (χ0v) is 19.1. The van der Waals surface area contributed by atoms with Crippen molar-refractivity contribution in [2.45, 2.75) is 77.7 Å². The summed E-state index contributed by atoms with van der Waals surface area (Å²) < 4.78 is 13.5. The fourth-order valence-corrected chi connectivity index (χ4v) is 3.87. The van der Waals surface area contributed by atoms with Gasteiger partial charge in [-0.2, -0.15) is 5.10 Å². The number of amides is 1. The van der Waals surface area contributed by atoms with Gasteiger partial charge in [-0.3, -0.25) is 4.68 Å². The standard InChI is InChI=1S/C23H32ClN3O3/c1-23(2,3)30-22(28)26(4)15-17-14-19(16-29-21-13-9-8-12-20(21)24)27(25-17)18-10-6-5-7-11-18/h8-9,12-14,18H,5-7,10-11,15-16H2,1-4H3. The van der Waals surface area contributed by atoms with E-state index in [-0.39, 0.29) is 6.09 Å². The van der Waals surface area contributed by atoms with E-state index in [4.69, 9.17) is 26.2 Å². The lowest BCUT2D eigenvalue weighted by molar-refractivity contribution is 0.0282. The van der Waals surface area contributed by atoms with Crippen molar-refractivity contribution in [2.24, 2.45) is 0 Å². The third-order valence-electron chi connectivity index (χ3n) is 5.10. The number of carbonyl (C=O) groups excluding carboxylic acids is 1. The molecule has 0 unspecified atom stereocenters. The van der Waals surface area contributed by atoms with Gasteiger partial charge in [0.25, 0.3) is 0 Å². The van der Waals surface area contributed by atoms with E-state index in [1.807, 2.05) is 51.1 Å². The van der Waals surface area contributed by atoms with Crippen molar-refractivity contribution in [3.05, 3.63) is 46.7 Å². The normalized spacial score (nSPS) is 15.1. The van der Waals surface area contributed by atoms with Crippen LogP contribution in [0.3, 0.4) is 0 Å². The number of halogens is 1. The molecule has 6 nitrogen and oxygen atoms in total. The average molecular weight is 434 g/mol. The second-order valence-electron chi connectivity index (χ2n) is 8.92. The quantitative estimate of drug-likeness (QED) is 0.561. The molecule has 0 N–H and O–H groups in total. The fraction of sp³-hybridized carbons (Fsp3) is 0.565. The Labute approximate surface area is 184 Å². The van der Waals surface area contributed by atoms with E-state index >= 15 is 0 Å². The van der Waals surface area contributed by atoms with Gasteiger partial charge in [-0.25, -0.2) is 4.79 Å². The van der Waals surface area contributed by atoms with Crippen molar-refractivity contribution >= 4 is 17.7 Å². The average Bonchev–Trinajstić information content (AvgIpc) is 3.09. The van der Waals surface area contributed by atoms with E-state index < -0.39 is 5.60 Å². The van der Waals surface area contributed by atoms with E-state index in [9.17, 15) is 4.79 Å². The van der Waals surface area contributed by atoms with Gasteiger partial charge in [0, 0.05) is 7.05 Å². The van der Waals surface area contributed by atoms with Crippen molar-refractivity contribution in [3.8, 4) is 5.75 Å². The molecule has 0 bridgehead atoms. The summed E-state index contributed by atoms with van der Waals surface area (Å²) >= 11 is 6.24. The molecule has 1 aromatic carbocycles. The number of carbonyl (C=O) groups is 1. The highest BCUT2D eigenvalue weighted by atomic mass is 35.5. The molecule has 0 spiro atoms. The molecule has 1 aliphatic carbocycles. The number of rotatable bonds is 6. The van der Waals surface area contributed by atoms with Gasteiger partial charge in [-0.15, -0.1) is 0 Å². The van der Waals surface area contributed by atoms with Crippen LogP contribution in [0.15, 0.2) is 30.3 Å². The lowest BCUT2D eigenvalue weighted by Crippen LogP contribution is -2.34. The molecule has 0 aliphatic heterocycles. The highest BCUT2D eigenvalue weighted by molar-refractivity contribution is 6.32. The monoisotopic (exact) mass is 433 g/mol. The van der Waals surface area contributed by atoms with Gasteiger partial charge in [0.05, 0.1) is 29.0 Å². The van der Waals surface area contributed by atoms with Crippen molar-refractivity contribution in [1.82, 2.24) is 14.7 Å². The molecule has 30 heavy (non-hydrogen) atoms. The van der Waals surface area contributed by atoms with Crippen molar-refractivity contribution < 1.29 is 14.3 Å². The summed E-state index contributed by atoms with van der Waals surface area (Å²) in [4.78, 5) is 13.9. The SMILES string of the molecule is CN(Cc1cc(COc2ccccc2Cl)n(C2CCCCC2)n1)C(=O)OC(C)(C)C. The molecular weight excluding hydrogens is 402 g/mol. The molecule has 0 atom stereocenters. The van der Waals surface area contributed by atoms with Gasteiger partial charge in [0.15, 0.2) is 0 Å². The molecule has 1 amide bonds. The van der Waals surface area contributed by atoms with Crippen molar-refractivity contribution in [1.29, 1.82) is 0 Å². The minimum atomic E-state index is -0.527. The van der Waals surface area contributed by atoms with Crippen LogP contribution in [0.25, 0.3) is 0 Å². The summed E-state index contributed by atoms with van der Waals surface area (Å²) in [6.45, 7) is 6.35. The summed E-state index contributed by atoms with van der Waals surface area (Å²) in [7, 11) is 1.73. The van der Waals surface area contributed by atoms with Crippen molar-refractivity contribution in [3.63, 3.8) is 0 Å². The van der Waals surface area contributed by atoms with Crippen LogP contribution in [0, 0.1) is 0 Å². The summed E-state index contributed by atoms with van der Waals surface area (Å²) in [6, 6.07) is 9.85. The summed E-state index contributed by atoms with van der Waals surface area (Å²) in [6.07, 6.45) is 5.57. The number of benzene rings is 1. The smallest absolute Gasteiger partial charge is 0.410 e. The molecule has 1 aliphatic rings. The Morgan fingerprint density at radius 3 is 2.60 bits per heavy atom. The maximum absolute atomic E-state index is 12.3. The van der Waals surface area contributed by atoms with E-state index in [0.717, 1.165) is 24.2 Å². The predicted molar refractivity (Wildman–Crippen MR) is 118 cm³/mol. The van der Waals surface area contributed by atoms with Crippen molar-refractivity contribution in [2.75, 3.05) is 7.05 Å². The van der Waals surface area contributed by atoms with Gasteiger partial charge < -0.3 is 14.4 Å². The fourth-order valence-electron chi connectivity index (χ4n) is 3.68. The Hall–Kier alpha value is -2.21. The minimum Gasteiger partial charge on any atom is -0.486 e. The van der Waals surface area contributed by atoms with Gasteiger partial charge in [-0.05, 0) is 51.8 Å². The molecule has 0 saturated heterocycles. The second-order valence-corrected chi connectivity index (χ2v) is 9.33. The molecule has 7 heteroatoms. The van der Waals surface area contributed by atoms with Crippen LogP contribution < -0.4 is 4.74 Å². The first-order chi connectivity index (χ1) is 14.2. The predicted octanol–water partition coefficient (Wildman–Crippen LogP) is 5.99. The summed E-state index contributed by atoms with van der Waals surface area (Å²) in [5.74, 6) is 0.656. The highest BCUT2D eigenvalue weighted by Crippen LogP contribution is 2.30. The Kier molecular flexibility index (Phi) is 7.29. The highest BCUT2D eigenvalue weighted by Gasteiger charge is 2.23. The first kappa shape index (κ1) is 22.5. The maximum Gasteiger partial charge on any atom is 0.410 e. The van der Waals surface area contributed by atoms with E-state index in [0.29, 0.717) is 30.0 Å². The van der Waals surface area contributed by atoms with Crippen LogP contribution in [-0.2, 0) is 17.9 Å². The van der Waals surface area contributed by atoms with Gasteiger partial charge in [0.1, 0.15) is 18.0 Å². The van der Waals surface area contributed by atoms with Gasteiger partial charge >= 0.3 is 6.09 Å². The first-order valence-electron chi connectivity index (χ1n) is 10.6.